The number of aliphatic hydroxyl groups is 1. The van der Waals surface area contributed by atoms with E-state index >= 15 is 4.39 Å². The molecule has 0 amide bonds. The Morgan fingerprint density at radius 3 is 1.58 bits per heavy atom. The number of hydrogen-bond donors (Lipinski definition) is 1. The van der Waals surface area contributed by atoms with E-state index in [4.69, 9.17) is 18.9 Å². The van der Waals surface area contributed by atoms with Crippen molar-refractivity contribution < 1.29 is 42.8 Å². The van der Waals surface area contributed by atoms with Gasteiger partial charge >= 0.3 is 17.9 Å². The zero-order valence-corrected chi connectivity index (χ0v) is 18.9. The van der Waals surface area contributed by atoms with Gasteiger partial charge in [0.15, 0.2) is 24.7 Å². The number of benzene rings is 3. The van der Waals surface area contributed by atoms with Gasteiger partial charge < -0.3 is 24.1 Å². The molecule has 1 fully saturated rings. The molecule has 186 valence electrons. The lowest BCUT2D eigenvalue weighted by atomic mass is 9.99. The van der Waals surface area contributed by atoms with Crippen LogP contribution in [-0.4, -0.2) is 60.4 Å². The van der Waals surface area contributed by atoms with Gasteiger partial charge in [0.25, 0.3) is 0 Å². The van der Waals surface area contributed by atoms with Crippen LogP contribution >= 0.6 is 0 Å². The average molecular weight is 494 g/mol. The summed E-state index contributed by atoms with van der Waals surface area (Å²) in [7, 11) is 0. The van der Waals surface area contributed by atoms with E-state index in [0.29, 0.717) is 0 Å². The summed E-state index contributed by atoms with van der Waals surface area (Å²) in [6.07, 6.45) is -8.87. The summed E-state index contributed by atoms with van der Waals surface area (Å²) in [4.78, 5) is 37.6. The summed E-state index contributed by atoms with van der Waals surface area (Å²) in [5.74, 6) is -2.49. The van der Waals surface area contributed by atoms with Gasteiger partial charge in [-0.3, -0.25) is 0 Å². The highest BCUT2D eigenvalue weighted by molar-refractivity contribution is 5.90. The highest BCUT2D eigenvalue weighted by Gasteiger charge is 2.51. The minimum absolute atomic E-state index is 0.130. The Hall–Kier alpha value is -4.08. The Kier molecular flexibility index (Phi) is 8.04. The first-order valence-corrected chi connectivity index (χ1v) is 11.2. The number of rotatable bonds is 7. The van der Waals surface area contributed by atoms with Crippen molar-refractivity contribution in [3.63, 3.8) is 0 Å². The highest BCUT2D eigenvalue weighted by Crippen LogP contribution is 2.29. The molecular formula is C27H23FO8. The Morgan fingerprint density at radius 1 is 0.694 bits per heavy atom. The molecule has 1 aliphatic rings. The van der Waals surface area contributed by atoms with Crippen molar-refractivity contribution in [3.05, 3.63) is 108 Å². The molecule has 0 aromatic heterocycles. The van der Waals surface area contributed by atoms with Crippen molar-refractivity contribution in [2.45, 2.75) is 30.8 Å². The minimum Gasteiger partial charge on any atom is -0.459 e. The first-order valence-electron chi connectivity index (χ1n) is 11.2. The van der Waals surface area contributed by atoms with E-state index in [1.54, 1.807) is 54.6 Å². The number of carbonyl (C=O) groups excluding carboxylic acids is 3. The second kappa shape index (κ2) is 11.6. The lowest BCUT2D eigenvalue weighted by Crippen LogP contribution is -2.60. The summed E-state index contributed by atoms with van der Waals surface area (Å²) < 4.78 is 36.7. The average Bonchev–Trinajstić information content (AvgIpc) is 2.92. The van der Waals surface area contributed by atoms with E-state index in [0.717, 1.165) is 0 Å². The van der Waals surface area contributed by atoms with Crippen LogP contribution < -0.4 is 0 Å². The summed E-state index contributed by atoms with van der Waals surface area (Å²) in [5, 5.41) is 10.6. The normalized spacial score (nSPS) is 23.3. The monoisotopic (exact) mass is 494 g/mol. The van der Waals surface area contributed by atoms with Gasteiger partial charge in [0.2, 0.25) is 0 Å². The van der Waals surface area contributed by atoms with Gasteiger partial charge in [0.05, 0.1) is 16.7 Å². The Labute approximate surface area is 206 Å². The minimum atomic E-state index is -2.10. The highest BCUT2D eigenvalue weighted by atomic mass is 19.1. The maximum Gasteiger partial charge on any atom is 0.338 e. The van der Waals surface area contributed by atoms with Gasteiger partial charge in [-0.05, 0) is 36.4 Å². The quantitative estimate of drug-likeness (QED) is 0.394. The lowest BCUT2D eigenvalue weighted by molar-refractivity contribution is -0.273. The molecule has 0 bridgehead atoms. The predicted molar refractivity (Wildman–Crippen MR) is 124 cm³/mol. The van der Waals surface area contributed by atoms with Crippen LogP contribution in [0.4, 0.5) is 4.39 Å². The van der Waals surface area contributed by atoms with E-state index in [1.807, 2.05) is 0 Å². The van der Waals surface area contributed by atoms with E-state index in [9.17, 15) is 19.5 Å². The van der Waals surface area contributed by atoms with E-state index in [2.05, 4.69) is 0 Å². The number of ether oxygens (including phenoxy) is 4. The zero-order chi connectivity index (χ0) is 25.5. The fourth-order valence-electron chi connectivity index (χ4n) is 3.62. The van der Waals surface area contributed by atoms with Crippen molar-refractivity contribution >= 4 is 17.9 Å². The predicted octanol–water partition coefficient (Wildman–Crippen LogP) is 3.35. The van der Waals surface area contributed by atoms with Crippen LogP contribution in [0.15, 0.2) is 91.0 Å². The summed E-state index contributed by atoms with van der Waals surface area (Å²) in [6, 6.07) is 23.7. The van der Waals surface area contributed by atoms with Gasteiger partial charge in [-0.15, -0.1) is 0 Å². The Bertz CT molecular complexity index is 1170. The molecule has 1 heterocycles. The molecule has 1 aliphatic heterocycles. The van der Waals surface area contributed by atoms with Crippen molar-refractivity contribution in [2.75, 3.05) is 6.61 Å². The van der Waals surface area contributed by atoms with Crippen molar-refractivity contribution in [3.8, 4) is 0 Å². The van der Waals surface area contributed by atoms with Gasteiger partial charge in [-0.1, -0.05) is 54.6 Å². The summed E-state index contributed by atoms with van der Waals surface area (Å²) >= 11 is 0. The summed E-state index contributed by atoms with van der Waals surface area (Å²) in [5.41, 5.74) is 0.518. The zero-order valence-electron chi connectivity index (χ0n) is 18.9. The number of hydrogen-bond acceptors (Lipinski definition) is 8. The first-order chi connectivity index (χ1) is 17.4. The number of halogens is 1. The van der Waals surface area contributed by atoms with Crippen molar-refractivity contribution in [1.29, 1.82) is 0 Å². The maximum atomic E-state index is 15.6. The molecule has 0 saturated carbocycles. The van der Waals surface area contributed by atoms with Gasteiger partial charge in [-0.2, -0.15) is 0 Å². The maximum absolute atomic E-state index is 15.6. The first kappa shape index (κ1) is 25.0. The van der Waals surface area contributed by atoms with Crippen LogP contribution in [0.2, 0.25) is 0 Å². The molecule has 0 spiro atoms. The lowest BCUT2D eigenvalue weighted by Gasteiger charge is -2.40. The molecular weight excluding hydrogens is 471 g/mol. The largest absolute Gasteiger partial charge is 0.459 e. The van der Waals surface area contributed by atoms with E-state index in [-0.39, 0.29) is 16.7 Å². The van der Waals surface area contributed by atoms with Gasteiger partial charge in [0.1, 0.15) is 12.7 Å². The number of alkyl halides is 1. The Balaban J connectivity index is 1.52. The SMILES string of the molecule is O=C(OC[C@H]1O[C@H](O)[C@H](OC(=O)c2ccccc2)[C@@H](OC(=O)c2ccccc2)[C@H]1F)c1ccccc1. The molecule has 0 unspecified atom stereocenters. The van der Waals surface area contributed by atoms with Crippen LogP contribution in [0, 0.1) is 0 Å². The molecule has 8 nitrogen and oxygen atoms in total. The van der Waals surface area contributed by atoms with E-state index in [1.165, 1.54) is 36.4 Å². The molecule has 5 atom stereocenters. The van der Waals surface area contributed by atoms with Crippen molar-refractivity contribution in [1.82, 2.24) is 0 Å². The summed E-state index contributed by atoms with van der Waals surface area (Å²) in [6.45, 7) is -0.579. The second-order valence-corrected chi connectivity index (χ2v) is 7.95. The van der Waals surface area contributed by atoms with Crippen LogP contribution in [0.1, 0.15) is 31.1 Å². The number of aliphatic hydroxyl groups excluding tert-OH is 1. The molecule has 0 aliphatic carbocycles. The van der Waals surface area contributed by atoms with E-state index < -0.39 is 55.3 Å². The molecule has 3 aromatic rings. The standard InChI is InChI=1S/C27H23FO8/c28-21-20(16-33-24(29)17-10-4-1-5-11-17)34-27(32)23(36-26(31)19-14-8-3-9-15-19)22(21)35-25(30)18-12-6-2-7-13-18/h1-15,20-23,27,32H,16H2/t20-,21+,22+,23-,27+/m1/s1. The topological polar surface area (TPSA) is 108 Å². The third-order valence-electron chi connectivity index (χ3n) is 5.48. The molecule has 0 radical (unpaired) electrons. The van der Waals surface area contributed by atoms with Crippen LogP contribution in [0.5, 0.6) is 0 Å². The third kappa shape index (κ3) is 5.94. The smallest absolute Gasteiger partial charge is 0.338 e. The molecule has 9 heteroatoms. The van der Waals surface area contributed by atoms with Crippen LogP contribution in [-0.2, 0) is 18.9 Å². The molecule has 3 aromatic carbocycles. The fourth-order valence-corrected chi connectivity index (χ4v) is 3.62. The molecule has 4 rings (SSSR count). The van der Waals surface area contributed by atoms with Gasteiger partial charge in [-0.25, -0.2) is 18.8 Å². The Morgan fingerprint density at radius 2 is 1.11 bits per heavy atom. The van der Waals surface area contributed by atoms with Gasteiger partial charge in [0, 0.05) is 0 Å². The third-order valence-corrected chi connectivity index (χ3v) is 5.48. The second-order valence-electron chi connectivity index (χ2n) is 7.95. The van der Waals surface area contributed by atoms with Crippen molar-refractivity contribution in [2.24, 2.45) is 0 Å². The molecule has 36 heavy (non-hydrogen) atoms. The molecule has 1 saturated heterocycles. The fraction of sp³-hybridized carbons (Fsp3) is 0.222. The number of esters is 3. The van der Waals surface area contributed by atoms with Crippen LogP contribution in [0.3, 0.4) is 0 Å². The van der Waals surface area contributed by atoms with Crippen LogP contribution in [0.25, 0.3) is 0 Å². The number of carbonyl (C=O) groups is 3. The molecule has 1 N–H and O–H groups in total.